The summed E-state index contributed by atoms with van der Waals surface area (Å²) < 4.78 is 1.24. The Bertz CT molecular complexity index is 1020. The van der Waals surface area contributed by atoms with Crippen molar-refractivity contribution in [3.63, 3.8) is 0 Å². The first-order valence-electron chi connectivity index (χ1n) is 8.34. The van der Waals surface area contributed by atoms with Crippen molar-refractivity contribution in [2.24, 2.45) is 0 Å². The summed E-state index contributed by atoms with van der Waals surface area (Å²) in [6, 6.07) is 27.9. The number of hydroxylamine groups is 1. The van der Waals surface area contributed by atoms with E-state index in [9.17, 15) is 10.0 Å². The van der Waals surface area contributed by atoms with Gasteiger partial charge in [-0.2, -0.15) is 0 Å². The highest BCUT2D eigenvalue weighted by molar-refractivity contribution is 7.22. The lowest BCUT2D eigenvalue weighted by Crippen LogP contribution is -2.27. The zero-order chi connectivity index (χ0) is 17.9. The largest absolute Gasteiger partial charge is 0.289 e. The number of benzene rings is 3. The second-order valence-electron chi connectivity index (χ2n) is 6.09. The van der Waals surface area contributed by atoms with Crippen LogP contribution in [0.2, 0.25) is 0 Å². The second kappa shape index (κ2) is 7.12. The van der Waals surface area contributed by atoms with Crippen LogP contribution >= 0.6 is 11.3 Å². The summed E-state index contributed by atoms with van der Waals surface area (Å²) in [7, 11) is 0. The van der Waals surface area contributed by atoms with Crippen LogP contribution in [-0.2, 0) is 4.79 Å². The van der Waals surface area contributed by atoms with Gasteiger partial charge in [0.2, 0.25) is 0 Å². The third kappa shape index (κ3) is 3.12. The third-order valence-electron chi connectivity index (χ3n) is 4.44. The minimum atomic E-state index is -0.560. The molecule has 128 valence electrons. The minimum Gasteiger partial charge on any atom is -0.289 e. The van der Waals surface area contributed by atoms with Crippen molar-refractivity contribution in [3.8, 4) is 10.4 Å². The summed E-state index contributed by atoms with van der Waals surface area (Å²) in [5.74, 6) is -1.000. The van der Waals surface area contributed by atoms with E-state index in [-0.39, 0.29) is 0 Å². The highest BCUT2D eigenvalue weighted by Gasteiger charge is 2.22. The standard InChI is InChI=1S/C22H17NO2S/c24-22(23-25)21(15-7-2-1-3-8-15)18-11-6-10-16(13-18)20-14-17-9-4-5-12-19(17)26-20/h1-14,21,25H,(H,23,24). The molecule has 0 bridgehead atoms. The molecule has 1 unspecified atom stereocenters. The molecule has 4 heteroatoms. The van der Waals surface area contributed by atoms with Gasteiger partial charge in [-0.15, -0.1) is 11.3 Å². The topological polar surface area (TPSA) is 49.3 Å². The molecule has 0 fully saturated rings. The van der Waals surface area contributed by atoms with Crippen molar-refractivity contribution in [2.45, 2.75) is 5.92 Å². The molecular weight excluding hydrogens is 342 g/mol. The molecule has 4 rings (SSSR count). The van der Waals surface area contributed by atoms with Crippen LogP contribution in [0, 0.1) is 0 Å². The highest BCUT2D eigenvalue weighted by atomic mass is 32.1. The van der Waals surface area contributed by atoms with Crippen LogP contribution in [0.15, 0.2) is 84.9 Å². The second-order valence-corrected chi connectivity index (χ2v) is 7.18. The first-order valence-corrected chi connectivity index (χ1v) is 9.16. The third-order valence-corrected chi connectivity index (χ3v) is 5.60. The average Bonchev–Trinajstić information content (AvgIpc) is 3.13. The summed E-state index contributed by atoms with van der Waals surface area (Å²) in [5.41, 5.74) is 4.56. The Kier molecular flexibility index (Phi) is 4.52. The number of carbonyl (C=O) groups excluding carboxylic acids is 1. The molecule has 0 aliphatic carbocycles. The Labute approximate surface area is 155 Å². The average molecular weight is 359 g/mol. The summed E-state index contributed by atoms with van der Waals surface area (Å²) >= 11 is 1.73. The zero-order valence-corrected chi connectivity index (χ0v) is 14.7. The van der Waals surface area contributed by atoms with Crippen molar-refractivity contribution in [2.75, 3.05) is 0 Å². The van der Waals surface area contributed by atoms with Crippen LogP contribution in [0.3, 0.4) is 0 Å². The van der Waals surface area contributed by atoms with E-state index in [1.165, 1.54) is 10.1 Å². The lowest BCUT2D eigenvalue weighted by Gasteiger charge is -2.16. The fourth-order valence-corrected chi connectivity index (χ4v) is 4.26. The Morgan fingerprint density at radius 3 is 2.35 bits per heavy atom. The predicted molar refractivity (Wildman–Crippen MR) is 105 cm³/mol. The summed E-state index contributed by atoms with van der Waals surface area (Å²) in [5, 5.41) is 10.4. The fraction of sp³-hybridized carbons (Fsp3) is 0.0455. The summed E-state index contributed by atoms with van der Waals surface area (Å²) in [6.45, 7) is 0. The molecule has 0 saturated heterocycles. The fourth-order valence-electron chi connectivity index (χ4n) is 3.20. The van der Waals surface area contributed by atoms with E-state index < -0.39 is 11.8 Å². The van der Waals surface area contributed by atoms with Gasteiger partial charge in [0.05, 0.1) is 5.92 Å². The summed E-state index contributed by atoms with van der Waals surface area (Å²) in [4.78, 5) is 13.5. The van der Waals surface area contributed by atoms with Crippen LogP contribution in [0.4, 0.5) is 0 Å². The number of thiophene rings is 1. The van der Waals surface area contributed by atoms with E-state index in [0.29, 0.717) is 0 Å². The van der Waals surface area contributed by atoms with Gasteiger partial charge in [-0.25, -0.2) is 5.48 Å². The maximum absolute atomic E-state index is 12.3. The van der Waals surface area contributed by atoms with Crippen molar-refractivity contribution in [1.29, 1.82) is 0 Å². The molecule has 3 nitrogen and oxygen atoms in total. The number of nitrogens with one attached hydrogen (secondary N) is 1. The number of hydrogen-bond acceptors (Lipinski definition) is 3. The van der Waals surface area contributed by atoms with Crippen molar-refractivity contribution >= 4 is 27.3 Å². The lowest BCUT2D eigenvalue weighted by atomic mass is 9.89. The zero-order valence-electron chi connectivity index (χ0n) is 13.9. The number of carbonyl (C=O) groups is 1. The first-order chi connectivity index (χ1) is 12.8. The number of fused-ring (bicyclic) bond motifs is 1. The van der Waals surface area contributed by atoms with Crippen molar-refractivity contribution in [1.82, 2.24) is 5.48 Å². The van der Waals surface area contributed by atoms with Crippen molar-refractivity contribution in [3.05, 3.63) is 96.1 Å². The lowest BCUT2D eigenvalue weighted by molar-refractivity contribution is -0.129. The van der Waals surface area contributed by atoms with Gasteiger partial charge in [-0.05, 0) is 40.3 Å². The molecule has 1 aromatic heterocycles. The molecule has 0 aliphatic rings. The monoisotopic (exact) mass is 359 g/mol. The van der Waals surface area contributed by atoms with E-state index in [4.69, 9.17) is 0 Å². The van der Waals surface area contributed by atoms with Crippen LogP contribution in [0.25, 0.3) is 20.5 Å². The molecule has 26 heavy (non-hydrogen) atoms. The van der Waals surface area contributed by atoms with E-state index >= 15 is 0 Å². The molecule has 0 saturated carbocycles. The molecule has 3 aromatic carbocycles. The molecule has 1 amide bonds. The van der Waals surface area contributed by atoms with Gasteiger partial charge in [-0.1, -0.05) is 66.7 Å². The number of rotatable bonds is 4. The van der Waals surface area contributed by atoms with Gasteiger partial charge >= 0.3 is 0 Å². The van der Waals surface area contributed by atoms with Gasteiger partial charge < -0.3 is 0 Å². The van der Waals surface area contributed by atoms with Crippen LogP contribution in [0.5, 0.6) is 0 Å². The quantitative estimate of drug-likeness (QED) is 0.388. The van der Waals surface area contributed by atoms with E-state index in [1.807, 2.05) is 66.7 Å². The Morgan fingerprint density at radius 1 is 0.846 bits per heavy atom. The van der Waals surface area contributed by atoms with Gasteiger partial charge in [-0.3, -0.25) is 10.0 Å². The molecule has 4 aromatic rings. The normalized spacial score (nSPS) is 12.0. The molecule has 0 radical (unpaired) electrons. The maximum atomic E-state index is 12.3. The SMILES string of the molecule is O=C(NO)C(c1ccccc1)c1cccc(-c2cc3ccccc3s2)c1. The Hall–Kier alpha value is -2.95. The van der Waals surface area contributed by atoms with Crippen LogP contribution in [0.1, 0.15) is 17.0 Å². The Morgan fingerprint density at radius 2 is 1.58 bits per heavy atom. The van der Waals surface area contributed by atoms with Crippen molar-refractivity contribution < 1.29 is 10.0 Å². The molecule has 0 aliphatic heterocycles. The number of hydrogen-bond donors (Lipinski definition) is 2. The van der Waals surface area contributed by atoms with E-state index in [2.05, 4.69) is 18.2 Å². The maximum Gasteiger partial charge on any atom is 0.255 e. The molecule has 2 N–H and O–H groups in total. The molecule has 0 spiro atoms. The van der Waals surface area contributed by atoms with Gasteiger partial charge in [0.25, 0.3) is 5.91 Å². The molecule has 1 atom stereocenters. The van der Waals surface area contributed by atoms with E-state index in [1.54, 1.807) is 16.8 Å². The van der Waals surface area contributed by atoms with Gasteiger partial charge in [0.15, 0.2) is 0 Å². The smallest absolute Gasteiger partial charge is 0.255 e. The van der Waals surface area contributed by atoms with Gasteiger partial charge in [0.1, 0.15) is 0 Å². The highest BCUT2D eigenvalue weighted by Crippen LogP contribution is 2.35. The van der Waals surface area contributed by atoms with Gasteiger partial charge in [0, 0.05) is 9.58 Å². The minimum absolute atomic E-state index is 0.440. The van der Waals surface area contributed by atoms with Crippen LogP contribution in [-0.4, -0.2) is 11.1 Å². The van der Waals surface area contributed by atoms with E-state index in [0.717, 1.165) is 21.6 Å². The number of amides is 1. The predicted octanol–water partition coefficient (Wildman–Crippen LogP) is 5.21. The summed E-state index contributed by atoms with van der Waals surface area (Å²) in [6.07, 6.45) is 0. The molecular formula is C22H17NO2S. The Balaban J connectivity index is 1.79. The first kappa shape index (κ1) is 16.5. The van der Waals surface area contributed by atoms with Crippen LogP contribution < -0.4 is 5.48 Å². The molecule has 1 heterocycles.